The number of fused-ring (bicyclic) bond motifs is 1. The van der Waals surface area contributed by atoms with Crippen LogP contribution in [0.1, 0.15) is 105 Å². The second-order valence-electron chi connectivity index (χ2n) is 15.3. The number of benzene rings is 1. The minimum Gasteiger partial charge on any atom is -0.481 e. The molecular weight excluding hydrogens is 605 g/mol. The molecule has 258 valence electrons. The van der Waals surface area contributed by atoms with Crippen LogP contribution in [0, 0.1) is 23.6 Å². The van der Waals surface area contributed by atoms with E-state index in [1.54, 1.807) is 6.07 Å². The van der Waals surface area contributed by atoms with Crippen molar-refractivity contribution in [2.75, 3.05) is 31.5 Å². The quantitative estimate of drug-likeness (QED) is 0.232. The van der Waals surface area contributed by atoms with Gasteiger partial charge < -0.3 is 15.3 Å². The molecule has 2 saturated carbocycles. The number of piperidine rings is 1. The molecule has 3 atom stereocenters. The number of halogens is 1. The molecule has 0 radical (unpaired) electrons. The van der Waals surface area contributed by atoms with Gasteiger partial charge in [0.05, 0.1) is 24.7 Å². The van der Waals surface area contributed by atoms with Gasteiger partial charge in [-0.2, -0.15) is 5.10 Å². The number of nitrogens with zero attached hydrogens (tertiary/aromatic N) is 6. The Labute approximate surface area is 284 Å². The molecule has 7 rings (SSSR count). The fourth-order valence-corrected chi connectivity index (χ4v) is 8.52. The zero-order valence-corrected chi connectivity index (χ0v) is 28.7. The second-order valence-corrected chi connectivity index (χ2v) is 15.3. The fraction of sp³-hybridized carbons (Fsp3) is 0.632. The maximum absolute atomic E-state index is 14.3. The van der Waals surface area contributed by atoms with Gasteiger partial charge in [-0.3, -0.25) is 14.4 Å². The van der Waals surface area contributed by atoms with Crippen molar-refractivity contribution in [2.45, 2.75) is 102 Å². The predicted octanol–water partition coefficient (Wildman–Crippen LogP) is 6.36. The summed E-state index contributed by atoms with van der Waals surface area (Å²) in [6.45, 7) is 7.11. The van der Waals surface area contributed by atoms with Gasteiger partial charge in [0, 0.05) is 55.7 Å². The Hall–Kier alpha value is -3.37. The van der Waals surface area contributed by atoms with Crippen LogP contribution in [0.2, 0.25) is 0 Å². The highest BCUT2D eigenvalue weighted by molar-refractivity contribution is 5.70. The molecule has 0 unspecified atom stereocenters. The third kappa shape index (κ3) is 8.08. The van der Waals surface area contributed by atoms with E-state index < -0.39 is 5.97 Å². The minimum atomic E-state index is -0.644. The molecule has 1 aliphatic heterocycles. The van der Waals surface area contributed by atoms with Crippen LogP contribution in [0.25, 0.3) is 0 Å². The van der Waals surface area contributed by atoms with Crippen molar-refractivity contribution in [3.05, 3.63) is 70.7 Å². The van der Waals surface area contributed by atoms with Crippen LogP contribution in [0.15, 0.2) is 36.7 Å². The standard InChI is InChI=1S/C38H52FN7O2/c1-25-5-4-16-45(20-25)23-35(30-19-40-44(2)22-30)42-37-33-18-29(28-6-3-7-31(39)17-28)12-15-34(33)41-36(43-37)24-46(32-13-14-32)21-26-8-10-27(11-9-26)38(47)48/h3,6-7,17,19,22,25-27,29,32,35H,4-5,8-16,18,20-21,23-24H2,1-2H3,(H,47,48)(H,41,42,43)/t25-,26?,27?,29+,35-/m0/s1. The normalized spacial score (nSPS) is 25.5. The zero-order chi connectivity index (χ0) is 33.2. The molecule has 3 aliphatic carbocycles. The van der Waals surface area contributed by atoms with E-state index in [4.69, 9.17) is 9.97 Å². The molecule has 3 aromatic rings. The topological polar surface area (TPSA) is 99.4 Å². The van der Waals surface area contributed by atoms with Crippen molar-refractivity contribution in [2.24, 2.45) is 24.8 Å². The maximum atomic E-state index is 14.3. The average Bonchev–Trinajstić information content (AvgIpc) is 3.84. The number of hydrogen-bond donors (Lipinski definition) is 2. The number of hydrogen-bond acceptors (Lipinski definition) is 7. The zero-order valence-electron chi connectivity index (χ0n) is 28.7. The number of aromatic nitrogens is 4. The first kappa shape index (κ1) is 33.1. The summed E-state index contributed by atoms with van der Waals surface area (Å²) in [6, 6.07) is 7.65. The van der Waals surface area contributed by atoms with Gasteiger partial charge in [-0.1, -0.05) is 19.1 Å². The number of carbonyl (C=O) groups is 1. The van der Waals surface area contributed by atoms with Gasteiger partial charge in [0.2, 0.25) is 0 Å². The number of carboxylic acid groups (broad SMARTS) is 1. The highest BCUT2D eigenvalue weighted by atomic mass is 19.1. The van der Waals surface area contributed by atoms with Gasteiger partial charge in [0.25, 0.3) is 0 Å². The van der Waals surface area contributed by atoms with Gasteiger partial charge in [0.15, 0.2) is 0 Å². The first-order valence-corrected chi connectivity index (χ1v) is 18.4. The van der Waals surface area contributed by atoms with Crippen LogP contribution >= 0.6 is 0 Å². The molecule has 4 aliphatic rings. The van der Waals surface area contributed by atoms with E-state index in [1.807, 2.05) is 24.0 Å². The summed E-state index contributed by atoms with van der Waals surface area (Å²) in [6.07, 6.45) is 15.0. The molecule has 1 aromatic carbocycles. The third-order valence-corrected chi connectivity index (χ3v) is 11.4. The molecule has 2 N–H and O–H groups in total. The summed E-state index contributed by atoms with van der Waals surface area (Å²) < 4.78 is 16.2. The number of aryl methyl sites for hydroxylation is 2. The number of rotatable bonds is 12. The largest absolute Gasteiger partial charge is 0.481 e. The Kier molecular flexibility index (Phi) is 10.1. The molecule has 0 spiro atoms. The smallest absolute Gasteiger partial charge is 0.306 e. The minimum absolute atomic E-state index is 0.0225. The van der Waals surface area contributed by atoms with Crippen LogP contribution < -0.4 is 5.32 Å². The van der Waals surface area contributed by atoms with E-state index >= 15 is 0 Å². The number of carboxylic acids is 1. The Morgan fingerprint density at radius 1 is 1.12 bits per heavy atom. The fourth-order valence-electron chi connectivity index (χ4n) is 8.52. The third-order valence-electron chi connectivity index (χ3n) is 11.4. The number of nitrogens with one attached hydrogen (secondary N) is 1. The molecular formula is C38H52FN7O2. The molecule has 10 heteroatoms. The van der Waals surface area contributed by atoms with Crippen LogP contribution in [0.4, 0.5) is 10.2 Å². The highest BCUT2D eigenvalue weighted by Gasteiger charge is 2.35. The predicted molar refractivity (Wildman–Crippen MR) is 184 cm³/mol. The highest BCUT2D eigenvalue weighted by Crippen LogP contribution is 2.38. The Bertz CT molecular complexity index is 1570. The molecule has 0 bridgehead atoms. The van der Waals surface area contributed by atoms with Gasteiger partial charge >= 0.3 is 5.97 Å². The molecule has 1 saturated heterocycles. The lowest BCUT2D eigenvalue weighted by molar-refractivity contribution is -0.143. The molecule has 3 heterocycles. The van der Waals surface area contributed by atoms with Crippen molar-refractivity contribution in [1.29, 1.82) is 0 Å². The van der Waals surface area contributed by atoms with Crippen LogP contribution in [0.5, 0.6) is 0 Å². The molecule has 2 aromatic heterocycles. The first-order chi connectivity index (χ1) is 23.3. The van der Waals surface area contributed by atoms with E-state index in [2.05, 4.69) is 39.4 Å². The Morgan fingerprint density at radius 3 is 2.67 bits per heavy atom. The van der Waals surface area contributed by atoms with Gasteiger partial charge in [-0.15, -0.1) is 0 Å². The molecule has 9 nitrogen and oxygen atoms in total. The summed E-state index contributed by atoms with van der Waals surface area (Å²) in [4.78, 5) is 27.3. The van der Waals surface area contributed by atoms with Crippen molar-refractivity contribution in [1.82, 2.24) is 29.5 Å². The van der Waals surface area contributed by atoms with E-state index in [0.717, 1.165) is 105 Å². The van der Waals surface area contributed by atoms with E-state index in [-0.39, 0.29) is 23.7 Å². The van der Waals surface area contributed by atoms with Crippen molar-refractivity contribution >= 4 is 11.8 Å². The number of likely N-dealkylation sites (tertiary alicyclic amines) is 1. The average molecular weight is 658 g/mol. The van der Waals surface area contributed by atoms with E-state index in [0.29, 0.717) is 24.4 Å². The Balaban J connectivity index is 1.17. The lowest BCUT2D eigenvalue weighted by Crippen LogP contribution is -2.39. The molecule has 48 heavy (non-hydrogen) atoms. The number of anilines is 1. The second kappa shape index (κ2) is 14.6. The van der Waals surface area contributed by atoms with Crippen LogP contribution in [-0.2, 0) is 31.2 Å². The summed E-state index contributed by atoms with van der Waals surface area (Å²) >= 11 is 0. The van der Waals surface area contributed by atoms with Crippen molar-refractivity contribution in [3.63, 3.8) is 0 Å². The maximum Gasteiger partial charge on any atom is 0.306 e. The van der Waals surface area contributed by atoms with E-state index in [1.165, 1.54) is 31.7 Å². The van der Waals surface area contributed by atoms with Crippen molar-refractivity contribution in [3.8, 4) is 0 Å². The monoisotopic (exact) mass is 657 g/mol. The lowest BCUT2D eigenvalue weighted by atomic mass is 9.81. The van der Waals surface area contributed by atoms with Crippen molar-refractivity contribution < 1.29 is 14.3 Å². The van der Waals surface area contributed by atoms with Crippen LogP contribution in [0.3, 0.4) is 0 Å². The SMILES string of the molecule is C[C@H]1CCCN(C[C@H](Nc2nc(CN(CC3CCC(C(=O)O)CC3)C3CC3)nc3c2C[C@H](c2cccc(F)c2)CC3)c2cnn(C)c2)C1. The summed E-state index contributed by atoms with van der Waals surface area (Å²) in [5, 5.41) is 18.0. The lowest BCUT2D eigenvalue weighted by Gasteiger charge is -2.35. The van der Waals surface area contributed by atoms with Gasteiger partial charge in [-0.05, 0) is 113 Å². The van der Waals surface area contributed by atoms with Gasteiger partial charge in [-0.25, -0.2) is 14.4 Å². The first-order valence-electron chi connectivity index (χ1n) is 18.4. The summed E-state index contributed by atoms with van der Waals surface area (Å²) in [7, 11) is 1.97. The summed E-state index contributed by atoms with van der Waals surface area (Å²) in [5.74, 6) is 2.17. The number of aliphatic carboxylic acids is 1. The van der Waals surface area contributed by atoms with E-state index in [9.17, 15) is 14.3 Å². The van der Waals surface area contributed by atoms with Gasteiger partial charge in [0.1, 0.15) is 17.5 Å². The molecule has 3 fully saturated rings. The summed E-state index contributed by atoms with van der Waals surface area (Å²) in [5.41, 5.74) is 4.47. The Morgan fingerprint density at radius 2 is 1.96 bits per heavy atom. The molecule has 0 amide bonds. The van der Waals surface area contributed by atoms with Crippen LogP contribution in [-0.4, -0.2) is 72.8 Å².